The Morgan fingerprint density at radius 2 is 1.57 bits per heavy atom. The number of rotatable bonds is 4. The molecule has 0 fully saturated rings. The van der Waals surface area contributed by atoms with Gasteiger partial charge in [-0.2, -0.15) is 0 Å². The Labute approximate surface area is 137 Å². The van der Waals surface area contributed by atoms with Crippen LogP contribution in [0.2, 0.25) is 0 Å². The number of sulfone groups is 1. The van der Waals surface area contributed by atoms with Crippen LogP contribution in [0.1, 0.15) is 12.5 Å². The van der Waals surface area contributed by atoms with E-state index in [4.69, 9.17) is 0 Å². The van der Waals surface area contributed by atoms with Crippen LogP contribution < -0.4 is 0 Å². The molecule has 0 amide bonds. The topological polar surface area (TPSA) is 39.1 Å². The van der Waals surface area contributed by atoms with Crippen molar-refractivity contribution < 1.29 is 8.42 Å². The first-order valence-corrected chi connectivity index (χ1v) is 9.08. The monoisotopic (exact) mass is 325 g/mol. The molecule has 0 saturated heterocycles. The maximum Gasteiger partial charge on any atom is 0.208 e. The summed E-state index contributed by atoms with van der Waals surface area (Å²) in [5.74, 6) is 0. The van der Waals surface area contributed by atoms with Gasteiger partial charge in [0, 0.05) is 18.4 Å². The number of hydrogen-bond donors (Lipinski definition) is 0. The van der Waals surface area contributed by atoms with E-state index in [9.17, 15) is 8.42 Å². The second-order valence-corrected chi connectivity index (χ2v) is 7.48. The fraction of sp³-hybridized carbons (Fsp3) is 0.158. The van der Waals surface area contributed by atoms with Crippen LogP contribution in [0.25, 0.3) is 11.3 Å². The highest BCUT2D eigenvalue weighted by molar-refractivity contribution is 7.91. The Balaban J connectivity index is 2.11. The fourth-order valence-electron chi connectivity index (χ4n) is 2.60. The second kappa shape index (κ2) is 6.05. The minimum absolute atomic E-state index is 0.323. The van der Waals surface area contributed by atoms with Crippen molar-refractivity contribution in [2.75, 3.05) is 0 Å². The van der Waals surface area contributed by atoms with Crippen LogP contribution in [0.4, 0.5) is 0 Å². The summed E-state index contributed by atoms with van der Waals surface area (Å²) in [5, 5.41) is 0. The average molecular weight is 325 g/mol. The van der Waals surface area contributed by atoms with Gasteiger partial charge in [0.2, 0.25) is 9.84 Å². The Morgan fingerprint density at radius 1 is 0.913 bits per heavy atom. The third kappa shape index (κ3) is 2.94. The van der Waals surface area contributed by atoms with Crippen molar-refractivity contribution in [2.45, 2.75) is 30.2 Å². The molecular formula is C19H19NO2S. The molecule has 0 aliphatic rings. The van der Waals surface area contributed by atoms with E-state index >= 15 is 0 Å². The van der Waals surface area contributed by atoms with E-state index in [-0.39, 0.29) is 0 Å². The first-order chi connectivity index (χ1) is 11.0. The summed E-state index contributed by atoms with van der Waals surface area (Å²) in [4.78, 5) is 0.657. The quantitative estimate of drug-likeness (QED) is 0.717. The van der Waals surface area contributed by atoms with Crippen LogP contribution in [0.3, 0.4) is 0 Å². The lowest BCUT2D eigenvalue weighted by atomic mass is 10.1. The molecule has 3 nitrogen and oxygen atoms in total. The first kappa shape index (κ1) is 15.6. The molecule has 0 aliphatic carbocycles. The predicted molar refractivity (Wildman–Crippen MR) is 92.2 cm³/mol. The van der Waals surface area contributed by atoms with Crippen LogP contribution in [0.5, 0.6) is 0 Å². The normalized spacial score (nSPS) is 11.6. The maximum absolute atomic E-state index is 12.8. The Hall–Kier alpha value is -2.33. The van der Waals surface area contributed by atoms with E-state index in [2.05, 4.69) is 0 Å². The lowest BCUT2D eigenvalue weighted by molar-refractivity contribution is 0.595. The van der Waals surface area contributed by atoms with Crippen molar-refractivity contribution in [3.05, 3.63) is 72.4 Å². The summed E-state index contributed by atoms with van der Waals surface area (Å²) >= 11 is 0. The van der Waals surface area contributed by atoms with Gasteiger partial charge in [0.1, 0.15) is 0 Å². The van der Waals surface area contributed by atoms with Gasteiger partial charge in [-0.3, -0.25) is 0 Å². The molecule has 2 aromatic carbocycles. The van der Waals surface area contributed by atoms with Crippen LogP contribution in [0.15, 0.2) is 76.7 Å². The number of benzene rings is 2. The van der Waals surface area contributed by atoms with Gasteiger partial charge in [0.25, 0.3) is 0 Å². The van der Waals surface area contributed by atoms with Gasteiger partial charge < -0.3 is 4.57 Å². The standard InChI is InChI=1S/C19H19NO2S/c1-3-20-14-18(23(21,22)17-7-5-4-6-8-17)13-19(20)16-11-9-15(2)10-12-16/h4-14H,3H2,1-2H3. The highest BCUT2D eigenvalue weighted by Gasteiger charge is 2.21. The summed E-state index contributed by atoms with van der Waals surface area (Å²) in [6.45, 7) is 4.76. The minimum Gasteiger partial charge on any atom is -0.346 e. The van der Waals surface area contributed by atoms with Crippen molar-refractivity contribution in [3.63, 3.8) is 0 Å². The molecule has 0 atom stereocenters. The molecule has 1 aromatic heterocycles. The van der Waals surface area contributed by atoms with Gasteiger partial charge in [-0.1, -0.05) is 48.0 Å². The lowest BCUT2D eigenvalue weighted by Gasteiger charge is -2.06. The minimum atomic E-state index is -3.49. The molecular weight excluding hydrogens is 306 g/mol. The largest absolute Gasteiger partial charge is 0.346 e. The van der Waals surface area contributed by atoms with Crippen molar-refractivity contribution in [1.82, 2.24) is 4.57 Å². The van der Waals surface area contributed by atoms with E-state index < -0.39 is 9.84 Å². The molecule has 0 N–H and O–H groups in total. The Morgan fingerprint density at radius 3 is 2.17 bits per heavy atom. The van der Waals surface area contributed by atoms with Gasteiger partial charge in [-0.15, -0.1) is 0 Å². The summed E-state index contributed by atoms with van der Waals surface area (Å²) < 4.78 is 27.5. The molecule has 3 rings (SSSR count). The summed E-state index contributed by atoms with van der Waals surface area (Å²) in [7, 11) is -3.49. The first-order valence-electron chi connectivity index (χ1n) is 7.59. The molecule has 118 valence electrons. The van der Waals surface area contributed by atoms with Gasteiger partial charge in [0.05, 0.1) is 9.79 Å². The van der Waals surface area contributed by atoms with Crippen molar-refractivity contribution in [2.24, 2.45) is 0 Å². The zero-order valence-corrected chi connectivity index (χ0v) is 14.0. The van der Waals surface area contributed by atoms with Crippen molar-refractivity contribution in [1.29, 1.82) is 0 Å². The Bertz CT molecular complexity index is 908. The van der Waals surface area contributed by atoms with E-state index in [1.165, 1.54) is 5.56 Å². The summed E-state index contributed by atoms with van der Waals surface area (Å²) in [6, 6.07) is 18.4. The smallest absolute Gasteiger partial charge is 0.208 e. The zero-order chi connectivity index (χ0) is 16.4. The lowest BCUT2D eigenvalue weighted by Crippen LogP contribution is -2.00. The fourth-order valence-corrected chi connectivity index (χ4v) is 3.92. The third-order valence-electron chi connectivity index (χ3n) is 3.92. The number of aryl methyl sites for hydroxylation is 2. The molecule has 23 heavy (non-hydrogen) atoms. The van der Waals surface area contributed by atoms with Crippen molar-refractivity contribution in [3.8, 4) is 11.3 Å². The second-order valence-electron chi connectivity index (χ2n) is 5.53. The molecule has 1 heterocycles. The Kier molecular flexibility index (Phi) is 4.09. The van der Waals surface area contributed by atoms with E-state index in [1.54, 1.807) is 36.5 Å². The van der Waals surface area contributed by atoms with E-state index in [0.29, 0.717) is 16.3 Å². The molecule has 4 heteroatoms. The van der Waals surface area contributed by atoms with E-state index in [1.807, 2.05) is 48.7 Å². The molecule has 0 spiro atoms. The van der Waals surface area contributed by atoms with Gasteiger partial charge >= 0.3 is 0 Å². The summed E-state index contributed by atoms with van der Waals surface area (Å²) in [5.41, 5.74) is 3.12. The molecule has 0 unspecified atom stereocenters. The maximum atomic E-state index is 12.8. The van der Waals surface area contributed by atoms with Gasteiger partial charge in [-0.25, -0.2) is 8.42 Å². The van der Waals surface area contributed by atoms with Gasteiger partial charge in [0.15, 0.2) is 0 Å². The number of hydrogen-bond acceptors (Lipinski definition) is 2. The highest BCUT2D eigenvalue weighted by Crippen LogP contribution is 2.28. The zero-order valence-electron chi connectivity index (χ0n) is 13.2. The molecule has 3 aromatic rings. The average Bonchev–Trinajstić information content (AvgIpc) is 3.01. The third-order valence-corrected chi connectivity index (χ3v) is 5.66. The van der Waals surface area contributed by atoms with Crippen LogP contribution in [-0.4, -0.2) is 13.0 Å². The molecule has 0 bridgehead atoms. The number of nitrogens with zero attached hydrogens (tertiary/aromatic N) is 1. The van der Waals surface area contributed by atoms with E-state index in [0.717, 1.165) is 11.3 Å². The highest BCUT2D eigenvalue weighted by atomic mass is 32.2. The molecule has 0 saturated carbocycles. The SMILES string of the molecule is CCn1cc(S(=O)(=O)c2ccccc2)cc1-c1ccc(C)cc1. The van der Waals surface area contributed by atoms with Crippen LogP contribution >= 0.6 is 0 Å². The molecule has 0 radical (unpaired) electrons. The predicted octanol–water partition coefficient (Wildman–Crippen LogP) is 4.32. The summed E-state index contributed by atoms with van der Waals surface area (Å²) in [6.07, 6.45) is 1.72. The molecule has 0 aliphatic heterocycles. The van der Waals surface area contributed by atoms with Gasteiger partial charge in [-0.05, 0) is 37.6 Å². The number of aromatic nitrogens is 1. The van der Waals surface area contributed by atoms with Crippen molar-refractivity contribution >= 4 is 9.84 Å². The van der Waals surface area contributed by atoms with Crippen LogP contribution in [0, 0.1) is 6.92 Å². The van der Waals surface area contributed by atoms with Crippen LogP contribution in [-0.2, 0) is 16.4 Å².